The number of halogens is 1. The van der Waals surface area contributed by atoms with Crippen molar-refractivity contribution in [2.45, 2.75) is 13.0 Å². The number of fused-ring (bicyclic) bond motifs is 1. The van der Waals surface area contributed by atoms with E-state index >= 15 is 4.39 Å². The lowest BCUT2D eigenvalue weighted by atomic mass is 9.94. The maximum absolute atomic E-state index is 15.0. The number of nitrogens with zero attached hydrogens (tertiary/aromatic N) is 2. The number of likely N-dealkylation sites (N-methyl/N-ethyl adjacent to an activating group) is 1. The highest BCUT2D eigenvalue weighted by Gasteiger charge is 2.47. The van der Waals surface area contributed by atoms with Gasteiger partial charge in [-0.2, -0.15) is 0 Å². The molecule has 0 radical (unpaired) electrons. The van der Waals surface area contributed by atoms with Crippen LogP contribution in [0.1, 0.15) is 22.7 Å². The summed E-state index contributed by atoms with van der Waals surface area (Å²) in [5, 5.41) is 11.3. The third-order valence-electron chi connectivity index (χ3n) is 6.25. The second-order valence-corrected chi connectivity index (χ2v) is 8.48. The van der Waals surface area contributed by atoms with Crippen LogP contribution in [0.15, 0.2) is 72.3 Å². The Morgan fingerprint density at radius 3 is 2.62 bits per heavy atom. The molecule has 34 heavy (non-hydrogen) atoms. The van der Waals surface area contributed by atoms with Crippen molar-refractivity contribution in [3.8, 4) is 5.75 Å². The standard InChI is InChI=1S/C27H23FN2O4/c1-16-6-5-7-18(14-16)30-24(19-8-3-4-9-20(19)28)23(26(32)27(30)33)25(31)17-10-11-22-21(15-17)29(2)12-13-34-22/h3-11,14-15,24,31H,12-13H2,1-2H3/b25-23+. The summed E-state index contributed by atoms with van der Waals surface area (Å²) in [6.45, 7) is 3.08. The Balaban J connectivity index is 1.72. The highest BCUT2D eigenvalue weighted by Crippen LogP contribution is 2.44. The molecule has 172 valence electrons. The summed E-state index contributed by atoms with van der Waals surface area (Å²) in [7, 11) is 1.90. The fraction of sp³-hybridized carbons (Fsp3) is 0.185. The largest absolute Gasteiger partial charge is 0.507 e. The van der Waals surface area contributed by atoms with Gasteiger partial charge in [-0.25, -0.2) is 4.39 Å². The number of ketones is 1. The third-order valence-corrected chi connectivity index (χ3v) is 6.25. The normalized spacial score (nSPS) is 19.2. The number of rotatable bonds is 3. The van der Waals surface area contributed by atoms with Crippen molar-refractivity contribution in [2.75, 3.05) is 30.0 Å². The van der Waals surface area contributed by atoms with Crippen molar-refractivity contribution < 1.29 is 23.8 Å². The maximum Gasteiger partial charge on any atom is 0.300 e. The van der Waals surface area contributed by atoms with Crippen LogP contribution in [0, 0.1) is 12.7 Å². The van der Waals surface area contributed by atoms with Crippen LogP contribution in [-0.4, -0.2) is 37.0 Å². The Morgan fingerprint density at radius 1 is 1.06 bits per heavy atom. The van der Waals surface area contributed by atoms with Crippen LogP contribution in [0.25, 0.3) is 5.76 Å². The average Bonchev–Trinajstić information content (AvgIpc) is 3.09. The molecule has 3 aromatic carbocycles. The molecule has 0 spiro atoms. The quantitative estimate of drug-likeness (QED) is 0.353. The number of ether oxygens (including phenoxy) is 1. The Morgan fingerprint density at radius 2 is 1.85 bits per heavy atom. The smallest absolute Gasteiger partial charge is 0.300 e. The van der Waals surface area contributed by atoms with E-state index in [1.165, 1.54) is 23.1 Å². The molecular formula is C27H23FN2O4. The minimum absolute atomic E-state index is 0.128. The van der Waals surface area contributed by atoms with Gasteiger partial charge in [0, 0.05) is 23.9 Å². The van der Waals surface area contributed by atoms with E-state index in [4.69, 9.17) is 4.74 Å². The first-order chi connectivity index (χ1) is 16.4. The van der Waals surface area contributed by atoms with E-state index in [0.717, 1.165) is 11.3 Å². The number of aryl methyl sites for hydroxylation is 1. The number of hydrogen-bond donors (Lipinski definition) is 1. The van der Waals surface area contributed by atoms with Gasteiger partial charge in [0.25, 0.3) is 11.7 Å². The fourth-order valence-corrected chi connectivity index (χ4v) is 4.52. The number of hydrogen-bond acceptors (Lipinski definition) is 5. The van der Waals surface area contributed by atoms with Gasteiger partial charge in [0.15, 0.2) is 0 Å². The van der Waals surface area contributed by atoms with Gasteiger partial charge >= 0.3 is 0 Å². The Kier molecular flexibility index (Phi) is 5.32. The Labute approximate surface area is 196 Å². The zero-order valence-electron chi connectivity index (χ0n) is 18.8. The molecule has 1 amide bonds. The van der Waals surface area contributed by atoms with E-state index in [2.05, 4.69) is 0 Å². The van der Waals surface area contributed by atoms with Crippen LogP contribution in [0.3, 0.4) is 0 Å². The van der Waals surface area contributed by atoms with Crippen molar-refractivity contribution >= 4 is 28.8 Å². The summed E-state index contributed by atoms with van der Waals surface area (Å²) < 4.78 is 20.7. The summed E-state index contributed by atoms with van der Waals surface area (Å²) in [5.41, 5.74) is 2.40. The number of carbonyl (C=O) groups is 2. The van der Waals surface area contributed by atoms with Crippen LogP contribution in [0.5, 0.6) is 5.75 Å². The molecule has 2 heterocycles. The zero-order chi connectivity index (χ0) is 24.0. The number of carbonyl (C=O) groups excluding carboxylic acids is 2. The maximum atomic E-state index is 15.0. The molecule has 2 aliphatic rings. The second-order valence-electron chi connectivity index (χ2n) is 8.48. The number of aliphatic hydroxyl groups is 1. The van der Waals surface area contributed by atoms with Gasteiger partial charge in [0.05, 0.1) is 23.8 Å². The summed E-state index contributed by atoms with van der Waals surface area (Å²) in [6.07, 6.45) is 0. The molecule has 1 fully saturated rings. The predicted octanol–water partition coefficient (Wildman–Crippen LogP) is 4.59. The molecule has 5 rings (SSSR count). The van der Waals surface area contributed by atoms with E-state index in [9.17, 15) is 14.7 Å². The van der Waals surface area contributed by atoms with E-state index in [0.29, 0.717) is 30.2 Å². The fourth-order valence-electron chi connectivity index (χ4n) is 4.52. The number of Topliss-reactive ketones (excluding diaryl/α,β-unsaturated/α-hetero) is 1. The van der Waals surface area contributed by atoms with Crippen molar-refractivity contribution in [1.82, 2.24) is 0 Å². The molecule has 2 aliphatic heterocycles. The topological polar surface area (TPSA) is 70.1 Å². The van der Waals surface area contributed by atoms with Gasteiger partial charge in [0.2, 0.25) is 0 Å². The van der Waals surface area contributed by atoms with Gasteiger partial charge in [0.1, 0.15) is 23.9 Å². The number of anilines is 2. The lowest BCUT2D eigenvalue weighted by Crippen LogP contribution is -2.29. The van der Waals surface area contributed by atoms with Crippen molar-refractivity contribution in [3.05, 3.63) is 94.8 Å². The molecule has 0 bridgehead atoms. The number of aliphatic hydroxyl groups excluding tert-OH is 1. The molecule has 1 saturated heterocycles. The van der Waals surface area contributed by atoms with Crippen molar-refractivity contribution in [2.24, 2.45) is 0 Å². The first-order valence-corrected chi connectivity index (χ1v) is 11.0. The molecule has 7 heteroatoms. The van der Waals surface area contributed by atoms with Gasteiger partial charge in [-0.05, 0) is 48.9 Å². The highest BCUT2D eigenvalue weighted by atomic mass is 19.1. The lowest BCUT2D eigenvalue weighted by molar-refractivity contribution is -0.132. The molecule has 6 nitrogen and oxygen atoms in total. The highest BCUT2D eigenvalue weighted by molar-refractivity contribution is 6.51. The van der Waals surface area contributed by atoms with Crippen LogP contribution in [0.4, 0.5) is 15.8 Å². The van der Waals surface area contributed by atoms with Crippen molar-refractivity contribution in [1.29, 1.82) is 0 Å². The zero-order valence-corrected chi connectivity index (χ0v) is 18.8. The van der Waals surface area contributed by atoms with Gasteiger partial charge in [-0.15, -0.1) is 0 Å². The second kappa shape index (κ2) is 8.33. The molecular weight excluding hydrogens is 435 g/mol. The molecule has 1 atom stereocenters. The van der Waals surface area contributed by atoms with Gasteiger partial charge in [-0.1, -0.05) is 30.3 Å². The van der Waals surface area contributed by atoms with E-state index in [1.807, 2.05) is 24.9 Å². The van der Waals surface area contributed by atoms with Crippen LogP contribution < -0.4 is 14.5 Å². The van der Waals surface area contributed by atoms with Crippen LogP contribution in [0.2, 0.25) is 0 Å². The minimum atomic E-state index is -1.12. The number of amides is 1. The minimum Gasteiger partial charge on any atom is -0.507 e. The van der Waals surface area contributed by atoms with Crippen LogP contribution >= 0.6 is 0 Å². The van der Waals surface area contributed by atoms with E-state index < -0.39 is 23.5 Å². The Hall–Kier alpha value is -4.13. The monoisotopic (exact) mass is 458 g/mol. The SMILES string of the molecule is Cc1cccc(N2C(=O)C(=O)/C(=C(/O)c3ccc4c(c3)N(C)CCO4)C2c2ccccc2F)c1. The molecule has 1 unspecified atom stereocenters. The predicted molar refractivity (Wildman–Crippen MR) is 128 cm³/mol. The lowest BCUT2D eigenvalue weighted by Gasteiger charge is -2.28. The molecule has 3 aromatic rings. The molecule has 0 aromatic heterocycles. The summed E-state index contributed by atoms with van der Waals surface area (Å²) in [6, 6.07) is 17.0. The summed E-state index contributed by atoms with van der Waals surface area (Å²) in [4.78, 5) is 29.7. The van der Waals surface area contributed by atoms with E-state index in [-0.39, 0.29) is 16.9 Å². The van der Waals surface area contributed by atoms with Crippen molar-refractivity contribution in [3.63, 3.8) is 0 Å². The van der Waals surface area contributed by atoms with Gasteiger partial charge < -0.3 is 14.7 Å². The molecule has 0 aliphatic carbocycles. The molecule has 0 saturated carbocycles. The average molecular weight is 458 g/mol. The van der Waals surface area contributed by atoms with Gasteiger partial charge in [-0.3, -0.25) is 14.5 Å². The third kappa shape index (κ3) is 3.50. The van der Waals surface area contributed by atoms with Crippen LogP contribution in [-0.2, 0) is 9.59 Å². The summed E-state index contributed by atoms with van der Waals surface area (Å²) in [5.74, 6) is -1.95. The Bertz CT molecular complexity index is 1350. The first-order valence-electron chi connectivity index (χ1n) is 11.0. The molecule has 1 N–H and O–H groups in total. The number of benzene rings is 3. The summed E-state index contributed by atoms with van der Waals surface area (Å²) >= 11 is 0. The first kappa shape index (κ1) is 21.7. The van der Waals surface area contributed by atoms with E-state index in [1.54, 1.807) is 42.5 Å².